The fourth-order valence-electron chi connectivity index (χ4n) is 2.12. The average Bonchev–Trinajstić information content (AvgIpc) is 2.09. The zero-order chi connectivity index (χ0) is 13.4. The third-order valence-electron chi connectivity index (χ3n) is 2.72. The van der Waals surface area contributed by atoms with E-state index in [1.807, 2.05) is 13.8 Å². The predicted molar refractivity (Wildman–Crippen MR) is 63.3 cm³/mol. The van der Waals surface area contributed by atoms with Crippen LogP contribution in [0.1, 0.15) is 48.0 Å². The number of esters is 2. The van der Waals surface area contributed by atoms with Crippen molar-refractivity contribution in [2.45, 2.75) is 59.7 Å². The molecule has 0 unspecified atom stereocenters. The summed E-state index contributed by atoms with van der Waals surface area (Å²) < 4.78 is 10.2. The lowest BCUT2D eigenvalue weighted by Crippen LogP contribution is -2.60. The van der Waals surface area contributed by atoms with Gasteiger partial charge in [0.1, 0.15) is 11.0 Å². The molecule has 1 heterocycles. The number of ether oxygens (including phenoxy) is 2. The molecule has 0 aromatic heterocycles. The van der Waals surface area contributed by atoms with Gasteiger partial charge in [-0.05, 0) is 40.0 Å². The Morgan fingerprint density at radius 3 is 2.35 bits per heavy atom. The maximum atomic E-state index is 11.9. The fraction of sp³-hybridized carbons (Fsp3) is 0.846. The number of cyclic esters (lactones) is 1. The van der Waals surface area contributed by atoms with Gasteiger partial charge < -0.3 is 9.47 Å². The van der Waals surface area contributed by atoms with Gasteiger partial charge in [0.05, 0.1) is 0 Å². The van der Waals surface area contributed by atoms with Crippen LogP contribution in [0.5, 0.6) is 0 Å². The van der Waals surface area contributed by atoms with E-state index in [1.165, 1.54) is 0 Å². The van der Waals surface area contributed by atoms with Gasteiger partial charge in [0.15, 0.2) is 0 Å². The maximum Gasteiger partial charge on any atom is 0.349 e. The van der Waals surface area contributed by atoms with Crippen LogP contribution < -0.4 is 0 Å². The van der Waals surface area contributed by atoms with Crippen LogP contribution in [0, 0.1) is 11.3 Å². The molecule has 1 saturated heterocycles. The van der Waals surface area contributed by atoms with Crippen LogP contribution in [0.2, 0.25) is 0 Å². The molecule has 4 heteroatoms. The Labute approximate surface area is 103 Å². The molecular weight excluding hydrogens is 220 g/mol. The standard InChI is InChI=1S/C13H22O4/c1-8(2)7-13(6)9(16-11(13)15)10(14)17-12(3,4)5/h8-9H,7H2,1-6H3/t9-,13-/m0/s1. The highest BCUT2D eigenvalue weighted by Gasteiger charge is 2.59. The minimum atomic E-state index is -0.753. The number of rotatable bonds is 3. The smallest absolute Gasteiger partial charge is 0.349 e. The Morgan fingerprint density at radius 1 is 1.47 bits per heavy atom. The quantitative estimate of drug-likeness (QED) is 0.713. The first-order valence-electron chi connectivity index (χ1n) is 6.00. The van der Waals surface area contributed by atoms with Crippen LogP contribution >= 0.6 is 0 Å². The van der Waals surface area contributed by atoms with Crippen LogP contribution in [0.3, 0.4) is 0 Å². The Balaban J connectivity index is 2.73. The Kier molecular flexibility index (Phi) is 3.55. The second-order valence-electron chi connectivity index (χ2n) is 6.33. The van der Waals surface area contributed by atoms with Crippen molar-refractivity contribution in [2.24, 2.45) is 11.3 Å². The SMILES string of the molecule is CC(C)C[C@]1(C)C(=O)O[C@H]1C(=O)OC(C)(C)C. The molecule has 98 valence electrons. The van der Waals surface area contributed by atoms with Crippen molar-refractivity contribution in [2.75, 3.05) is 0 Å². The van der Waals surface area contributed by atoms with Crippen molar-refractivity contribution in [1.29, 1.82) is 0 Å². The Morgan fingerprint density at radius 2 is 2.00 bits per heavy atom. The number of hydrogen-bond acceptors (Lipinski definition) is 4. The topological polar surface area (TPSA) is 52.6 Å². The lowest BCUT2D eigenvalue weighted by Gasteiger charge is -2.44. The van der Waals surface area contributed by atoms with Gasteiger partial charge in [0.25, 0.3) is 0 Å². The van der Waals surface area contributed by atoms with E-state index in [0.717, 1.165) is 0 Å². The van der Waals surface area contributed by atoms with Crippen molar-refractivity contribution in [1.82, 2.24) is 0 Å². The lowest BCUT2D eigenvalue weighted by atomic mass is 9.73. The van der Waals surface area contributed by atoms with Crippen molar-refractivity contribution in [3.8, 4) is 0 Å². The molecule has 17 heavy (non-hydrogen) atoms. The first kappa shape index (κ1) is 14.0. The second-order valence-corrected chi connectivity index (χ2v) is 6.33. The molecular formula is C13H22O4. The number of carbonyl (C=O) groups excluding carboxylic acids is 2. The van der Waals surface area contributed by atoms with Crippen molar-refractivity contribution < 1.29 is 19.1 Å². The van der Waals surface area contributed by atoms with E-state index in [0.29, 0.717) is 12.3 Å². The van der Waals surface area contributed by atoms with Gasteiger partial charge in [0, 0.05) is 0 Å². The number of carbonyl (C=O) groups is 2. The Bertz CT molecular complexity index is 327. The Hall–Kier alpha value is -1.06. The van der Waals surface area contributed by atoms with Gasteiger partial charge in [-0.1, -0.05) is 13.8 Å². The minimum absolute atomic E-state index is 0.304. The van der Waals surface area contributed by atoms with Crippen molar-refractivity contribution >= 4 is 11.9 Å². The summed E-state index contributed by atoms with van der Waals surface area (Å²) >= 11 is 0. The van der Waals surface area contributed by atoms with Crippen LogP contribution in [0.25, 0.3) is 0 Å². The van der Waals surface area contributed by atoms with Gasteiger partial charge in [0.2, 0.25) is 6.10 Å². The van der Waals surface area contributed by atoms with Gasteiger partial charge in [-0.3, -0.25) is 4.79 Å². The summed E-state index contributed by atoms with van der Waals surface area (Å²) in [7, 11) is 0. The molecule has 0 N–H and O–H groups in total. The summed E-state index contributed by atoms with van der Waals surface area (Å²) in [5.74, 6) is -0.417. The molecule has 0 saturated carbocycles. The van der Waals surface area contributed by atoms with Gasteiger partial charge in [-0.2, -0.15) is 0 Å². The molecule has 0 amide bonds. The maximum absolute atomic E-state index is 11.9. The summed E-state index contributed by atoms with van der Waals surface area (Å²) in [5.41, 5.74) is -1.28. The first-order valence-corrected chi connectivity index (χ1v) is 6.00. The average molecular weight is 242 g/mol. The summed E-state index contributed by atoms with van der Waals surface area (Å²) in [5, 5.41) is 0. The van der Waals surface area contributed by atoms with Crippen LogP contribution in [-0.2, 0) is 19.1 Å². The highest BCUT2D eigenvalue weighted by molar-refractivity contribution is 5.94. The highest BCUT2D eigenvalue weighted by atomic mass is 16.6. The predicted octanol–water partition coefficient (Wildman–Crippen LogP) is 2.31. The number of hydrogen-bond donors (Lipinski definition) is 0. The third kappa shape index (κ3) is 2.99. The summed E-state index contributed by atoms with van der Waals surface area (Å²) in [6, 6.07) is 0. The van der Waals surface area contributed by atoms with E-state index in [2.05, 4.69) is 0 Å². The van der Waals surface area contributed by atoms with E-state index in [4.69, 9.17) is 9.47 Å². The molecule has 1 aliphatic rings. The lowest BCUT2D eigenvalue weighted by molar-refractivity contribution is -0.221. The molecule has 1 aliphatic heterocycles. The first-order chi connectivity index (χ1) is 7.56. The highest BCUT2D eigenvalue weighted by Crippen LogP contribution is 2.42. The van der Waals surface area contributed by atoms with E-state index < -0.39 is 23.1 Å². The molecule has 4 nitrogen and oxygen atoms in total. The van der Waals surface area contributed by atoms with E-state index >= 15 is 0 Å². The normalized spacial score (nSPS) is 28.6. The molecule has 1 fully saturated rings. The zero-order valence-electron chi connectivity index (χ0n) is 11.5. The zero-order valence-corrected chi connectivity index (χ0v) is 11.5. The third-order valence-corrected chi connectivity index (χ3v) is 2.72. The molecule has 0 radical (unpaired) electrons. The minimum Gasteiger partial charge on any atom is -0.457 e. The molecule has 0 aromatic rings. The molecule has 2 atom stereocenters. The second kappa shape index (κ2) is 4.31. The molecule has 0 aliphatic carbocycles. The van der Waals surface area contributed by atoms with Gasteiger partial charge in [-0.25, -0.2) is 4.79 Å². The molecule has 0 bridgehead atoms. The van der Waals surface area contributed by atoms with Crippen molar-refractivity contribution in [3.05, 3.63) is 0 Å². The largest absolute Gasteiger partial charge is 0.457 e. The molecule has 0 spiro atoms. The summed E-state index contributed by atoms with van der Waals surface area (Å²) in [6.07, 6.45) is -0.118. The summed E-state index contributed by atoms with van der Waals surface area (Å²) in [4.78, 5) is 23.4. The molecule has 0 aromatic carbocycles. The van der Waals surface area contributed by atoms with Crippen LogP contribution in [0.15, 0.2) is 0 Å². The monoisotopic (exact) mass is 242 g/mol. The van der Waals surface area contributed by atoms with E-state index in [1.54, 1.807) is 27.7 Å². The summed E-state index contributed by atoms with van der Waals surface area (Å²) in [6.45, 7) is 11.2. The van der Waals surface area contributed by atoms with Crippen LogP contribution in [-0.4, -0.2) is 23.6 Å². The molecule has 1 rings (SSSR count). The van der Waals surface area contributed by atoms with Crippen LogP contribution in [0.4, 0.5) is 0 Å². The van der Waals surface area contributed by atoms with Crippen molar-refractivity contribution in [3.63, 3.8) is 0 Å². The van der Waals surface area contributed by atoms with E-state index in [9.17, 15) is 9.59 Å². The van der Waals surface area contributed by atoms with Gasteiger partial charge in [-0.15, -0.1) is 0 Å². The fourth-order valence-corrected chi connectivity index (χ4v) is 2.12. The van der Waals surface area contributed by atoms with E-state index in [-0.39, 0.29) is 5.97 Å². The van der Waals surface area contributed by atoms with Gasteiger partial charge >= 0.3 is 11.9 Å².